The zero-order chi connectivity index (χ0) is 12.6. The van der Waals surface area contributed by atoms with Crippen molar-refractivity contribution in [1.82, 2.24) is 16.0 Å². The fourth-order valence-electron chi connectivity index (χ4n) is 2.29. The molecule has 1 saturated carbocycles. The van der Waals surface area contributed by atoms with Gasteiger partial charge in [-0.1, -0.05) is 6.92 Å². The number of urea groups is 1. The molecule has 0 bridgehead atoms. The van der Waals surface area contributed by atoms with Gasteiger partial charge in [0.2, 0.25) is 5.91 Å². The van der Waals surface area contributed by atoms with Gasteiger partial charge in [-0.15, -0.1) is 0 Å². The molecule has 1 aliphatic carbocycles. The first-order chi connectivity index (χ1) is 7.88. The maximum Gasteiger partial charge on any atom is 0.315 e. The Morgan fingerprint density at radius 3 is 2.59 bits per heavy atom. The lowest BCUT2D eigenvalue weighted by molar-refractivity contribution is -0.125. The van der Waals surface area contributed by atoms with Crippen LogP contribution in [0.25, 0.3) is 0 Å². The molecule has 0 spiro atoms. The van der Waals surface area contributed by atoms with Gasteiger partial charge in [-0.05, 0) is 32.6 Å². The third-order valence-corrected chi connectivity index (χ3v) is 3.72. The number of nitrogens with one attached hydrogen (secondary N) is 3. The van der Waals surface area contributed by atoms with Crippen LogP contribution in [-0.4, -0.2) is 29.6 Å². The smallest absolute Gasteiger partial charge is 0.315 e. The van der Waals surface area contributed by atoms with Crippen LogP contribution in [0.3, 0.4) is 0 Å². The highest BCUT2D eigenvalue weighted by Crippen LogP contribution is 2.29. The van der Waals surface area contributed by atoms with E-state index >= 15 is 0 Å². The zero-order valence-corrected chi connectivity index (χ0v) is 10.7. The van der Waals surface area contributed by atoms with Crippen molar-refractivity contribution < 1.29 is 9.59 Å². The second-order valence-corrected chi connectivity index (χ2v) is 5.80. The first-order valence-electron chi connectivity index (χ1n) is 6.26. The van der Waals surface area contributed by atoms with Gasteiger partial charge in [0.05, 0.1) is 11.6 Å². The first-order valence-corrected chi connectivity index (χ1v) is 6.26. The number of rotatable bonds is 2. The summed E-state index contributed by atoms with van der Waals surface area (Å²) in [6, 6.07) is 0.208. The van der Waals surface area contributed by atoms with Crippen molar-refractivity contribution in [3.63, 3.8) is 0 Å². The summed E-state index contributed by atoms with van der Waals surface area (Å²) in [5.41, 5.74) is -0.373. The standard InChI is InChI=1S/C12H21N3O2/c1-7-6-8(7)13-11(17)14-9-4-5-10(16)15-12(9,2)3/h7-9H,4-6H2,1-3H3,(H,15,16)(H2,13,14,17). The Kier molecular flexibility index (Phi) is 3.02. The number of hydrogen-bond acceptors (Lipinski definition) is 2. The Hall–Kier alpha value is -1.26. The van der Waals surface area contributed by atoms with Crippen molar-refractivity contribution >= 4 is 11.9 Å². The molecule has 0 aromatic heterocycles. The van der Waals surface area contributed by atoms with Gasteiger partial charge in [-0.3, -0.25) is 4.79 Å². The number of piperidine rings is 1. The quantitative estimate of drug-likeness (QED) is 0.665. The fourth-order valence-corrected chi connectivity index (χ4v) is 2.29. The van der Waals surface area contributed by atoms with E-state index in [1.54, 1.807) is 0 Å². The summed E-state index contributed by atoms with van der Waals surface area (Å²) in [4.78, 5) is 23.0. The highest BCUT2D eigenvalue weighted by Gasteiger charge is 2.38. The number of carbonyl (C=O) groups is 2. The topological polar surface area (TPSA) is 70.2 Å². The third-order valence-electron chi connectivity index (χ3n) is 3.72. The maximum atomic E-state index is 11.7. The molecule has 3 atom stereocenters. The van der Waals surface area contributed by atoms with Crippen LogP contribution in [0, 0.1) is 5.92 Å². The number of hydrogen-bond donors (Lipinski definition) is 3. The predicted molar refractivity (Wildman–Crippen MR) is 64.5 cm³/mol. The van der Waals surface area contributed by atoms with Crippen LogP contribution in [0.2, 0.25) is 0 Å². The Bertz CT molecular complexity index is 341. The van der Waals surface area contributed by atoms with E-state index in [4.69, 9.17) is 0 Å². The average Bonchev–Trinajstić information content (AvgIpc) is 2.86. The minimum absolute atomic E-state index is 0.00532. The van der Waals surface area contributed by atoms with Crippen LogP contribution in [-0.2, 0) is 4.79 Å². The van der Waals surface area contributed by atoms with Gasteiger partial charge in [0.25, 0.3) is 0 Å². The maximum absolute atomic E-state index is 11.7. The van der Waals surface area contributed by atoms with Gasteiger partial charge < -0.3 is 16.0 Å². The lowest BCUT2D eigenvalue weighted by Gasteiger charge is -2.39. The van der Waals surface area contributed by atoms with E-state index < -0.39 is 0 Å². The molecule has 5 heteroatoms. The molecule has 1 aliphatic heterocycles. The van der Waals surface area contributed by atoms with E-state index in [0.717, 1.165) is 6.42 Å². The molecule has 2 aliphatic rings. The molecule has 96 valence electrons. The fraction of sp³-hybridized carbons (Fsp3) is 0.833. The van der Waals surface area contributed by atoms with Gasteiger partial charge in [-0.25, -0.2) is 4.79 Å². The molecule has 3 N–H and O–H groups in total. The molecule has 3 amide bonds. The molecule has 0 radical (unpaired) electrons. The second kappa shape index (κ2) is 4.20. The molecule has 0 aromatic carbocycles. The molecule has 0 aromatic rings. The second-order valence-electron chi connectivity index (χ2n) is 5.80. The largest absolute Gasteiger partial charge is 0.349 e. The van der Waals surface area contributed by atoms with Crippen molar-refractivity contribution in [2.75, 3.05) is 0 Å². The summed E-state index contributed by atoms with van der Waals surface area (Å²) in [6.07, 6.45) is 2.25. The van der Waals surface area contributed by atoms with Crippen LogP contribution in [0.15, 0.2) is 0 Å². The van der Waals surface area contributed by atoms with Crippen molar-refractivity contribution in [2.24, 2.45) is 5.92 Å². The van der Waals surface area contributed by atoms with Crippen molar-refractivity contribution in [3.05, 3.63) is 0 Å². The van der Waals surface area contributed by atoms with E-state index in [1.165, 1.54) is 0 Å². The molecule has 3 unspecified atom stereocenters. The SMILES string of the molecule is CC1CC1NC(=O)NC1CCC(=O)NC1(C)C. The van der Waals surface area contributed by atoms with E-state index in [1.807, 2.05) is 13.8 Å². The van der Waals surface area contributed by atoms with Gasteiger partial charge >= 0.3 is 6.03 Å². The van der Waals surface area contributed by atoms with Gasteiger partial charge in [-0.2, -0.15) is 0 Å². The summed E-state index contributed by atoms with van der Waals surface area (Å²) in [5, 5.41) is 8.80. The summed E-state index contributed by atoms with van der Waals surface area (Å²) in [6.45, 7) is 6.00. The molecule has 1 saturated heterocycles. The molecule has 17 heavy (non-hydrogen) atoms. The van der Waals surface area contributed by atoms with Gasteiger partial charge in [0.1, 0.15) is 0 Å². The zero-order valence-electron chi connectivity index (χ0n) is 10.7. The predicted octanol–water partition coefficient (Wildman–Crippen LogP) is 0.751. The third kappa shape index (κ3) is 2.90. The van der Waals surface area contributed by atoms with Crippen molar-refractivity contribution in [2.45, 2.75) is 57.7 Å². The Labute approximate surface area is 102 Å². The Balaban J connectivity index is 1.85. The molecular formula is C12H21N3O2. The number of carbonyl (C=O) groups excluding carboxylic acids is 2. The van der Waals surface area contributed by atoms with Crippen molar-refractivity contribution in [3.8, 4) is 0 Å². The molecule has 2 fully saturated rings. The highest BCUT2D eigenvalue weighted by atomic mass is 16.2. The Morgan fingerprint density at radius 1 is 1.41 bits per heavy atom. The average molecular weight is 239 g/mol. The molecule has 5 nitrogen and oxygen atoms in total. The van der Waals surface area contributed by atoms with E-state index in [0.29, 0.717) is 24.8 Å². The van der Waals surface area contributed by atoms with Crippen LogP contribution < -0.4 is 16.0 Å². The highest BCUT2D eigenvalue weighted by molar-refractivity contribution is 5.79. The van der Waals surface area contributed by atoms with Gasteiger partial charge in [0.15, 0.2) is 0 Å². The lowest BCUT2D eigenvalue weighted by atomic mass is 9.87. The number of amides is 3. The molecule has 1 heterocycles. The Morgan fingerprint density at radius 2 is 2.06 bits per heavy atom. The van der Waals surface area contributed by atoms with Gasteiger partial charge in [0, 0.05) is 12.5 Å². The summed E-state index contributed by atoms with van der Waals surface area (Å²) in [5.74, 6) is 0.657. The summed E-state index contributed by atoms with van der Waals surface area (Å²) < 4.78 is 0. The lowest BCUT2D eigenvalue weighted by Crippen LogP contribution is -2.63. The van der Waals surface area contributed by atoms with Crippen LogP contribution in [0.5, 0.6) is 0 Å². The first kappa shape index (κ1) is 12.2. The normalized spacial score (nSPS) is 34.8. The van der Waals surface area contributed by atoms with Crippen LogP contribution in [0.1, 0.15) is 40.0 Å². The van der Waals surface area contributed by atoms with Crippen LogP contribution >= 0.6 is 0 Å². The molecular weight excluding hydrogens is 218 g/mol. The minimum atomic E-state index is -0.373. The molecule has 2 rings (SSSR count). The van der Waals surface area contributed by atoms with Crippen LogP contribution in [0.4, 0.5) is 4.79 Å². The van der Waals surface area contributed by atoms with Crippen molar-refractivity contribution in [1.29, 1.82) is 0 Å². The summed E-state index contributed by atoms with van der Waals surface area (Å²) >= 11 is 0. The van der Waals surface area contributed by atoms with E-state index in [2.05, 4.69) is 22.9 Å². The van der Waals surface area contributed by atoms with E-state index in [9.17, 15) is 9.59 Å². The minimum Gasteiger partial charge on any atom is -0.349 e. The monoisotopic (exact) mass is 239 g/mol. The van der Waals surface area contributed by atoms with E-state index in [-0.39, 0.29) is 23.5 Å². The summed E-state index contributed by atoms with van der Waals surface area (Å²) in [7, 11) is 0.